The predicted molar refractivity (Wildman–Crippen MR) is 148 cm³/mol. The van der Waals surface area contributed by atoms with Gasteiger partial charge in [-0.05, 0) is 86.6 Å². The van der Waals surface area contributed by atoms with Gasteiger partial charge in [-0.25, -0.2) is 4.79 Å². The highest BCUT2D eigenvalue weighted by atomic mass is 16.2. The number of aryl methyl sites for hydroxylation is 2. The fourth-order valence-corrected chi connectivity index (χ4v) is 4.53. The predicted octanol–water partition coefficient (Wildman–Crippen LogP) is 6.67. The van der Waals surface area contributed by atoms with Crippen molar-refractivity contribution in [2.75, 3.05) is 28.6 Å². The number of urea groups is 1. The number of anilines is 3. The SMILES string of the molecule is Cc1ccc(NC(=O)Nc2ccc(N3CCC(C)CC3)c(C(=O)NC(C)c3ccccc3)c2)cc1C. The van der Waals surface area contributed by atoms with Gasteiger partial charge in [-0.3, -0.25) is 4.79 Å². The summed E-state index contributed by atoms with van der Waals surface area (Å²) in [6, 6.07) is 20.8. The number of nitrogens with one attached hydrogen (secondary N) is 3. The van der Waals surface area contributed by atoms with E-state index in [1.54, 1.807) is 6.07 Å². The van der Waals surface area contributed by atoms with Crippen LogP contribution in [0.2, 0.25) is 0 Å². The minimum Gasteiger partial charge on any atom is -0.371 e. The van der Waals surface area contributed by atoms with Crippen LogP contribution in [-0.4, -0.2) is 25.0 Å². The Morgan fingerprint density at radius 3 is 2.17 bits per heavy atom. The lowest BCUT2D eigenvalue weighted by Crippen LogP contribution is -2.35. The topological polar surface area (TPSA) is 73.5 Å². The van der Waals surface area contributed by atoms with E-state index in [0.29, 0.717) is 17.2 Å². The Bertz CT molecular complexity index is 1220. The summed E-state index contributed by atoms with van der Waals surface area (Å²) in [5.41, 5.74) is 6.09. The summed E-state index contributed by atoms with van der Waals surface area (Å²) in [5.74, 6) is 0.532. The highest BCUT2D eigenvalue weighted by molar-refractivity contribution is 6.04. The first kappa shape index (κ1) is 25.3. The zero-order valence-electron chi connectivity index (χ0n) is 21.6. The van der Waals surface area contributed by atoms with Crippen molar-refractivity contribution in [3.05, 3.63) is 89.0 Å². The van der Waals surface area contributed by atoms with Crippen molar-refractivity contribution in [2.45, 2.75) is 46.6 Å². The molecule has 0 aliphatic carbocycles. The summed E-state index contributed by atoms with van der Waals surface area (Å²) in [4.78, 5) is 28.5. The van der Waals surface area contributed by atoms with Gasteiger partial charge in [0.25, 0.3) is 5.91 Å². The number of amides is 3. The van der Waals surface area contributed by atoms with Gasteiger partial charge in [-0.15, -0.1) is 0 Å². The molecular formula is C30H36N4O2. The van der Waals surface area contributed by atoms with Crippen molar-refractivity contribution in [1.29, 1.82) is 0 Å². The van der Waals surface area contributed by atoms with Crippen molar-refractivity contribution in [3.8, 4) is 0 Å². The summed E-state index contributed by atoms with van der Waals surface area (Å²) in [6.45, 7) is 10.1. The average molecular weight is 485 g/mol. The lowest BCUT2D eigenvalue weighted by molar-refractivity contribution is 0.0940. The van der Waals surface area contributed by atoms with Gasteiger partial charge in [-0.1, -0.05) is 43.3 Å². The van der Waals surface area contributed by atoms with E-state index in [1.807, 2.05) is 81.4 Å². The molecule has 1 heterocycles. The Morgan fingerprint density at radius 1 is 0.861 bits per heavy atom. The van der Waals surface area contributed by atoms with E-state index in [1.165, 1.54) is 5.56 Å². The molecule has 1 aliphatic heterocycles. The maximum absolute atomic E-state index is 13.5. The van der Waals surface area contributed by atoms with Crippen molar-refractivity contribution in [1.82, 2.24) is 5.32 Å². The third kappa shape index (κ3) is 6.25. The van der Waals surface area contributed by atoms with Crippen LogP contribution in [0.25, 0.3) is 0 Å². The Labute approximate surface area is 214 Å². The van der Waals surface area contributed by atoms with Crippen molar-refractivity contribution in [3.63, 3.8) is 0 Å². The third-order valence-electron chi connectivity index (χ3n) is 7.04. The monoisotopic (exact) mass is 484 g/mol. The average Bonchev–Trinajstić information content (AvgIpc) is 2.87. The van der Waals surface area contributed by atoms with Crippen LogP contribution in [0.4, 0.5) is 21.9 Å². The first-order valence-corrected chi connectivity index (χ1v) is 12.7. The number of piperidine rings is 1. The number of benzene rings is 3. The highest BCUT2D eigenvalue weighted by Gasteiger charge is 2.23. The molecule has 1 atom stereocenters. The molecule has 4 rings (SSSR count). The van der Waals surface area contributed by atoms with Crippen LogP contribution in [0.3, 0.4) is 0 Å². The molecule has 3 amide bonds. The molecule has 36 heavy (non-hydrogen) atoms. The molecular weight excluding hydrogens is 448 g/mol. The first-order chi connectivity index (χ1) is 17.3. The van der Waals surface area contributed by atoms with E-state index in [0.717, 1.165) is 48.4 Å². The van der Waals surface area contributed by atoms with Gasteiger partial charge in [0.15, 0.2) is 0 Å². The van der Waals surface area contributed by atoms with Gasteiger partial charge in [0.05, 0.1) is 11.6 Å². The number of rotatable bonds is 6. The molecule has 6 nitrogen and oxygen atoms in total. The Morgan fingerprint density at radius 2 is 1.50 bits per heavy atom. The van der Waals surface area contributed by atoms with E-state index in [9.17, 15) is 9.59 Å². The molecule has 188 valence electrons. The lowest BCUT2D eigenvalue weighted by atomic mass is 9.97. The minimum absolute atomic E-state index is 0.141. The second-order valence-electron chi connectivity index (χ2n) is 9.89. The quantitative estimate of drug-likeness (QED) is 0.366. The summed E-state index contributed by atoms with van der Waals surface area (Å²) in [5, 5.41) is 8.91. The molecule has 6 heteroatoms. The van der Waals surface area contributed by atoms with Gasteiger partial charge in [0, 0.05) is 30.2 Å². The summed E-state index contributed by atoms with van der Waals surface area (Å²) >= 11 is 0. The summed E-state index contributed by atoms with van der Waals surface area (Å²) in [6.07, 6.45) is 2.19. The van der Waals surface area contributed by atoms with Crippen LogP contribution < -0.4 is 20.9 Å². The van der Waals surface area contributed by atoms with E-state index in [4.69, 9.17) is 0 Å². The Balaban J connectivity index is 1.55. The standard InChI is InChI=1S/C30H36N4O2/c1-20-14-16-34(17-15-20)28-13-12-26(33-30(36)32-25-11-10-21(2)22(3)18-25)19-27(28)29(35)31-23(4)24-8-6-5-7-9-24/h5-13,18-20,23H,14-17H2,1-4H3,(H,31,35)(H2,32,33,36). The van der Waals surface area contributed by atoms with Crippen LogP contribution in [-0.2, 0) is 0 Å². The maximum atomic E-state index is 13.5. The molecule has 1 aliphatic rings. The molecule has 0 radical (unpaired) electrons. The normalized spacial score (nSPS) is 14.7. The van der Waals surface area contributed by atoms with E-state index < -0.39 is 0 Å². The van der Waals surface area contributed by atoms with Gasteiger partial charge in [0.2, 0.25) is 0 Å². The highest BCUT2D eigenvalue weighted by Crippen LogP contribution is 2.29. The van der Waals surface area contributed by atoms with Gasteiger partial charge in [-0.2, -0.15) is 0 Å². The van der Waals surface area contributed by atoms with Crippen molar-refractivity contribution < 1.29 is 9.59 Å². The van der Waals surface area contributed by atoms with Gasteiger partial charge >= 0.3 is 6.03 Å². The fraction of sp³-hybridized carbons (Fsp3) is 0.333. The second kappa shape index (κ2) is 11.3. The van der Waals surface area contributed by atoms with Crippen LogP contribution in [0.5, 0.6) is 0 Å². The Kier molecular flexibility index (Phi) is 7.93. The van der Waals surface area contributed by atoms with Gasteiger partial charge < -0.3 is 20.9 Å². The van der Waals surface area contributed by atoms with E-state index >= 15 is 0 Å². The second-order valence-corrected chi connectivity index (χ2v) is 9.89. The first-order valence-electron chi connectivity index (χ1n) is 12.7. The Hall–Kier alpha value is -3.80. The van der Waals surface area contributed by atoms with E-state index in [2.05, 4.69) is 27.8 Å². The fourth-order valence-electron chi connectivity index (χ4n) is 4.53. The molecule has 3 N–H and O–H groups in total. The largest absolute Gasteiger partial charge is 0.371 e. The molecule has 1 saturated heterocycles. The molecule has 3 aromatic carbocycles. The maximum Gasteiger partial charge on any atom is 0.323 e. The molecule has 1 fully saturated rings. The van der Waals surface area contributed by atoms with Crippen LogP contribution >= 0.6 is 0 Å². The lowest BCUT2D eigenvalue weighted by Gasteiger charge is -2.33. The summed E-state index contributed by atoms with van der Waals surface area (Å²) in [7, 11) is 0. The molecule has 0 spiro atoms. The third-order valence-corrected chi connectivity index (χ3v) is 7.04. The summed E-state index contributed by atoms with van der Waals surface area (Å²) < 4.78 is 0. The minimum atomic E-state index is -0.346. The number of hydrogen-bond acceptors (Lipinski definition) is 3. The number of nitrogens with zero attached hydrogens (tertiary/aromatic N) is 1. The van der Waals surface area contributed by atoms with Crippen molar-refractivity contribution >= 4 is 29.0 Å². The number of carbonyl (C=O) groups excluding carboxylic acids is 2. The zero-order chi connectivity index (χ0) is 25.7. The zero-order valence-corrected chi connectivity index (χ0v) is 21.6. The molecule has 1 unspecified atom stereocenters. The smallest absolute Gasteiger partial charge is 0.323 e. The number of hydrogen-bond donors (Lipinski definition) is 3. The molecule has 3 aromatic rings. The van der Waals surface area contributed by atoms with Crippen LogP contribution in [0, 0.1) is 19.8 Å². The molecule has 0 aromatic heterocycles. The molecule has 0 bridgehead atoms. The van der Waals surface area contributed by atoms with E-state index in [-0.39, 0.29) is 18.0 Å². The van der Waals surface area contributed by atoms with Crippen molar-refractivity contribution in [2.24, 2.45) is 5.92 Å². The van der Waals surface area contributed by atoms with Gasteiger partial charge in [0.1, 0.15) is 0 Å². The van der Waals surface area contributed by atoms with Crippen LogP contribution in [0.15, 0.2) is 66.7 Å². The number of carbonyl (C=O) groups is 2. The van der Waals surface area contributed by atoms with Crippen LogP contribution in [0.1, 0.15) is 59.8 Å². The molecule has 0 saturated carbocycles.